The van der Waals surface area contributed by atoms with Gasteiger partial charge in [-0.2, -0.15) is 0 Å². The van der Waals surface area contributed by atoms with Crippen molar-refractivity contribution in [1.82, 2.24) is 14.5 Å². The molecule has 0 saturated carbocycles. The Hall–Kier alpha value is -1.20. The van der Waals surface area contributed by atoms with Crippen molar-refractivity contribution in [2.45, 2.75) is 25.9 Å². The maximum atomic E-state index is 13.2. The lowest BCUT2D eigenvalue weighted by Gasteiger charge is -2.33. The molecule has 0 bridgehead atoms. The van der Waals surface area contributed by atoms with Crippen LogP contribution >= 0.6 is 12.2 Å². The van der Waals surface area contributed by atoms with E-state index >= 15 is 0 Å². The molecule has 2 aromatic rings. The Balaban J connectivity index is 2.52. The summed E-state index contributed by atoms with van der Waals surface area (Å²) in [5.74, 6) is -0.252. The van der Waals surface area contributed by atoms with E-state index in [1.54, 1.807) is 6.07 Å². The molecular weight excluding hydrogens is 249 g/mol. The van der Waals surface area contributed by atoms with Gasteiger partial charge in [-0.25, -0.2) is 4.39 Å². The van der Waals surface area contributed by atoms with Crippen molar-refractivity contribution in [3.05, 3.63) is 28.8 Å². The number of hydrogen-bond donors (Lipinski definition) is 1. The van der Waals surface area contributed by atoms with Crippen molar-refractivity contribution >= 4 is 23.3 Å². The molecule has 18 heavy (non-hydrogen) atoms. The highest BCUT2D eigenvalue weighted by molar-refractivity contribution is 7.71. The lowest BCUT2D eigenvalue weighted by molar-refractivity contribution is 0.170. The molecule has 1 N–H and O–H groups in total. The Morgan fingerprint density at radius 3 is 2.67 bits per heavy atom. The SMILES string of the molecule is CN(C)C(C)(C)Cn1c(=S)[nH]c2cc(F)ccc21. The van der Waals surface area contributed by atoms with Gasteiger partial charge in [0.15, 0.2) is 4.77 Å². The van der Waals surface area contributed by atoms with Gasteiger partial charge >= 0.3 is 0 Å². The highest BCUT2D eigenvalue weighted by Gasteiger charge is 2.22. The molecule has 0 aliphatic carbocycles. The van der Waals surface area contributed by atoms with Gasteiger partial charge < -0.3 is 14.5 Å². The van der Waals surface area contributed by atoms with Gasteiger partial charge in [0.2, 0.25) is 0 Å². The molecule has 0 spiro atoms. The fourth-order valence-corrected chi connectivity index (χ4v) is 2.09. The molecular formula is C13H18FN3S. The third-order valence-corrected chi connectivity index (χ3v) is 3.81. The number of nitrogens with zero attached hydrogens (tertiary/aromatic N) is 2. The van der Waals surface area contributed by atoms with Crippen molar-refractivity contribution in [2.75, 3.05) is 14.1 Å². The molecule has 0 atom stereocenters. The first kappa shape index (κ1) is 13.2. The monoisotopic (exact) mass is 267 g/mol. The summed E-state index contributed by atoms with van der Waals surface area (Å²) in [6.07, 6.45) is 0. The maximum Gasteiger partial charge on any atom is 0.178 e. The van der Waals surface area contributed by atoms with Crippen molar-refractivity contribution < 1.29 is 4.39 Å². The number of aromatic amines is 1. The highest BCUT2D eigenvalue weighted by atomic mass is 32.1. The normalized spacial score (nSPS) is 12.6. The average molecular weight is 267 g/mol. The zero-order valence-corrected chi connectivity index (χ0v) is 11.9. The van der Waals surface area contributed by atoms with Gasteiger partial charge in [-0.1, -0.05) is 0 Å². The minimum atomic E-state index is -0.252. The second-order valence-corrected chi connectivity index (χ2v) is 5.77. The van der Waals surface area contributed by atoms with E-state index in [0.29, 0.717) is 4.77 Å². The predicted molar refractivity (Wildman–Crippen MR) is 74.8 cm³/mol. The number of likely N-dealkylation sites (N-methyl/N-ethyl adjacent to an activating group) is 1. The van der Waals surface area contributed by atoms with E-state index in [4.69, 9.17) is 12.2 Å². The van der Waals surface area contributed by atoms with E-state index in [1.807, 2.05) is 18.7 Å². The number of H-pyrrole nitrogens is 1. The summed E-state index contributed by atoms with van der Waals surface area (Å²) >= 11 is 5.32. The zero-order chi connectivity index (χ0) is 13.5. The lowest BCUT2D eigenvalue weighted by Crippen LogP contribution is -2.42. The topological polar surface area (TPSA) is 24.0 Å². The van der Waals surface area contributed by atoms with Crippen LogP contribution in [-0.2, 0) is 6.54 Å². The minimum absolute atomic E-state index is 0.0261. The summed E-state index contributed by atoms with van der Waals surface area (Å²) in [4.78, 5) is 5.20. The molecule has 2 rings (SSSR count). The molecule has 0 fully saturated rings. The molecule has 0 aliphatic rings. The second-order valence-electron chi connectivity index (χ2n) is 5.38. The standard InChI is InChI=1S/C13H18FN3S/c1-13(2,16(3)4)8-17-11-6-5-9(14)7-10(11)15-12(17)18/h5-7H,8H2,1-4H3,(H,15,18). The number of imidazole rings is 1. The van der Waals surface area contributed by atoms with Gasteiger partial charge in [-0.15, -0.1) is 0 Å². The molecule has 1 aromatic heterocycles. The van der Waals surface area contributed by atoms with Crippen LogP contribution in [0.3, 0.4) is 0 Å². The summed E-state index contributed by atoms with van der Waals surface area (Å²) in [5.41, 5.74) is 1.66. The van der Waals surface area contributed by atoms with Gasteiger partial charge in [-0.3, -0.25) is 0 Å². The Morgan fingerprint density at radius 2 is 2.06 bits per heavy atom. The van der Waals surface area contributed by atoms with Crippen LogP contribution in [0.2, 0.25) is 0 Å². The van der Waals surface area contributed by atoms with Crippen LogP contribution in [0.4, 0.5) is 4.39 Å². The van der Waals surface area contributed by atoms with E-state index in [-0.39, 0.29) is 11.4 Å². The van der Waals surface area contributed by atoms with Crippen LogP contribution in [0.1, 0.15) is 13.8 Å². The van der Waals surface area contributed by atoms with Crippen LogP contribution in [0.15, 0.2) is 18.2 Å². The zero-order valence-electron chi connectivity index (χ0n) is 11.1. The Bertz CT molecular complexity index is 625. The first-order valence-corrected chi connectivity index (χ1v) is 6.27. The molecule has 98 valence electrons. The summed E-state index contributed by atoms with van der Waals surface area (Å²) in [6, 6.07) is 4.71. The number of fused-ring (bicyclic) bond motifs is 1. The molecule has 3 nitrogen and oxygen atoms in total. The van der Waals surface area contributed by atoms with Crippen LogP contribution < -0.4 is 0 Å². The molecule has 0 radical (unpaired) electrons. The smallest absolute Gasteiger partial charge is 0.178 e. The quantitative estimate of drug-likeness (QED) is 0.864. The van der Waals surface area contributed by atoms with Crippen molar-refractivity contribution in [2.24, 2.45) is 0 Å². The van der Waals surface area contributed by atoms with Gasteiger partial charge in [0.05, 0.1) is 11.0 Å². The highest BCUT2D eigenvalue weighted by Crippen LogP contribution is 2.20. The van der Waals surface area contributed by atoms with E-state index in [1.165, 1.54) is 12.1 Å². The van der Waals surface area contributed by atoms with Crippen molar-refractivity contribution in [1.29, 1.82) is 0 Å². The summed E-state index contributed by atoms with van der Waals surface area (Å²) in [7, 11) is 4.08. The first-order valence-electron chi connectivity index (χ1n) is 5.87. The first-order chi connectivity index (χ1) is 8.31. The van der Waals surface area contributed by atoms with E-state index in [0.717, 1.165) is 17.6 Å². The number of hydrogen-bond acceptors (Lipinski definition) is 2. The summed E-state index contributed by atoms with van der Waals surface area (Å²) < 4.78 is 15.8. The Morgan fingerprint density at radius 1 is 1.39 bits per heavy atom. The van der Waals surface area contributed by atoms with Gasteiger partial charge in [0.25, 0.3) is 0 Å². The Kier molecular flexibility index (Phi) is 3.29. The maximum absolute atomic E-state index is 13.2. The molecule has 0 saturated heterocycles. The summed E-state index contributed by atoms with van der Waals surface area (Å²) in [5, 5.41) is 0. The van der Waals surface area contributed by atoms with E-state index < -0.39 is 0 Å². The minimum Gasteiger partial charge on any atom is -0.330 e. The largest absolute Gasteiger partial charge is 0.330 e. The number of aromatic nitrogens is 2. The van der Waals surface area contributed by atoms with Crippen molar-refractivity contribution in [3.8, 4) is 0 Å². The van der Waals surface area contributed by atoms with E-state index in [2.05, 4.69) is 23.7 Å². The lowest BCUT2D eigenvalue weighted by atomic mass is 10.0. The molecule has 0 unspecified atom stereocenters. The van der Waals surface area contributed by atoms with E-state index in [9.17, 15) is 4.39 Å². The number of halogens is 1. The van der Waals surface area contributed by atoms with Crippen molar-refractivity contribution in [3.63, 3.8) is 0 Å². The number of benzene rings is 1. The molecule has 1 aromatic carbocycles. The van der Waals surface area contributed by atoms with Crippen LogP contribution in [0.5, 0.6) is 0 Å². The predicted octanol–water partition coefficient (Wildman–Crippen LogP) is 3.18. The van der Waals surface area contributed by atoms with Gasteiger partial charge in [0, 0.05) is 12.1 Å². The number of rotatable bonds is 3. The fourth-order valence-electron chi connectivity index (χ4n) is 1.82. The summed E-state index contributed by atoms with van der Waals surface area (Å²) in [6.45, 7) is 5.05. The molecule has 5 heteroatoms. The molecule has 0 aliphatic heterocycles. The van der Waals surface area contributed by atoms with Crippen LogP contribution in [0.25, 0.3) is 11.0 Å². The number of nitrogens with one attached hydrogen (secondary N) is 1. The van der Waals surface area contributed by atoms with Crippen LogP contribution in [0, 0.1) is 10.6 Å². The third kappa shape index (κ3) is 2.33. The molecule has 0 amide bonds. The van der Waals surface area contributed by atoms with Crippen LogP contribution in [-0.4, -0.2) is 34.1 Å². The average Bonchev–Trinajstić information content (AvgIpc) is 2.54. The Labute approximate surface area is 111 Å². The van der Waals surface area contributed by atoms with Gasteiger partial charge in [-0.05, 0) is 58.4 Å². The molecule has 1 heterocycles. The fraction of sp³-hybridized carbons (Fsp3) is 0.462. The third-order valence-electron chi connectivity index (χ3n) is 3.49. The van der Waals surface area contributed by atoms with Gasteiger partial charge in [0.1, 0.15) is 5.82 Å². The second kappa shape index (κ2) is 4.48.